The molecule has 0 fully saturated rings. The Kier molecular flexibility index (Phi) is 8.06. The van der Waals surface area contributed by atoms with Crippen molar-refractivity contribution in [2.75, 3.05) is 0 Å². The van der Waals surface area contributed by atoms with Crippen molar-refractivity contribution in [2.45, 2.75) is 19.9 Å². The molecule has 0 spiro atoms. The molecule has 3 aromatic carbocycles. The first-order valence-electron chi connectivity index (χ1n) is 11.5. The summed E-state index contributed by atoms with van der Waals surface area (Å²) in [4.78, 5) is 12.3. The molecular formula is C31H21IrN5-2. The van der Waals surface area contributed by atoms with Gasteiger partial charge in [0.1, 0.15) is 6.57 Å². The number of hydrogen-bond donors (Lipinski definition) is 0. The van der Waals surface area contributed by atoms with Crippen molar-refractivity contribution in [1.82, 2.24) is 14.5 Å². The van der Waals surface area contributed by atoms with Gasteiger partial charge in [0.2, 0.25) is 5.69 Å². The number of pyridine rings is 1. The predicted octanol–water partition coefficient (Wildman–Crippen LogP) is 6.85. The molecule has 6 heteroatoms. The first-order chi connectivity index (χ1) is 17.7. The van der Waals surface area contributed by atoms with E-state index >= 15 is 0 Å². The van der Waals surface area contributed by atoms with E-state index in [0.717, 1.165) is 35.5 Å². The number of hydrogen-bond acceptors (Lipinski definition) is 3. The molecule has 1 aliphatic rings. The van der Waals surface area contributed by atoms with Gasteiger partial charge in [0, 0.05) is 51.3 Å². The maximum absolute atomic E-state index is 8.96. The maximum atomic E-state index is 8.96. The minimum absolute atomic E-state index is 0. The average molecular weight is 656 g/mol. The van der Waals surface area contributed by atoms with Crippen LogP contribution in [0.5, 0.6) is 0 Å². The van der Waals surface area contributed by atoms with Gasteiger partial charge < -0.3 is 9.55 Å². The average Bonchev–Trinajstić information content (AvgIpc) is 3.43. The van der Waals surface area contributed by atoms with Gasteiger partial charge in [0.05, 0.1) is 5.82 Å². The summed E-state index contributed by atoms with van der Waals surface area (Å²) >= 11 is 0. The van der Waals surface area contributed by atoms with Crippen molar-refractivity contribution < 1.29 is 20.1 Å². The normalized spacial score (nSPS) is 10.9. The second kappa shape index (κ2) is 11.6. The zero-order valence-corrected chi connectivity index (χ0v) is 22.5. The number of imidazole rings is 1. The first kappa shape index (κ1) is 25.7. The van der Waals surface area contributed by atoms with E-state index < -0.39 is 0 Å². The Bertz CT molecular complexity index is 1620. The molecule has 6 rings (SSSR count). The summed E-state index contributed by atoms with van der Waals surface area (Å²) in [6, 6.07) is 29.6. The van der Waals surface area contributed by atoms with Crippen LogP contribution in [0.15, 0.2) is 85.3 Å². The maximum Gasteiger partial charge on any atom is 0.236 e. The molecule has 5 aromatic rings. The first-order valence-corrected chi connectivity index (χ1v) is 11.5. The number of rotatable bonds is 2. The van der Waals surface area contributed by atoms with Crippen LogP contribution in [0, 0.1) is 37.0 Å². The molecule has 0 bridgehead atoms. The Hall–Kier alpha value is -4.35. The van der Waals surface area contributed by atoms with E-state index in [9.17, 15) is 0 Å². The van der Waals surface area contributed by atoms with Crippen molar-refractivity contribution in [2.24, 2.45) is 0 Å². The fraction of sp³-hybridized carbons (Fsp3) is 0.0968. The van der Waals surface area contributed by atoms with E-state index in [4.69, 9.17) is 11.8 Å². The molecule has 0 saturated heterocycles. The van der Waals surface area contributed by atoms with Gasteiger partial charge >= 0.3 is 0 Å². The molecule has 37 heavy (non-hydrogen) atoms. The molecule has 1 aliphatic heterocycles. The van der Waals surface area contributed by atoms with Crippen LogP contribution in [-0.2, 0) is 33.1 Å². The summed E-state index contributed by atoms with van der Waals surface area (Å²) in [5, 5.41) is 8.96. The fourth-order valence-electron chi connectivity index (χ4n) is 4.28. The Morgan fingerprint density at radius 1 is 1.05 bits per heavy atom. The summed E-state index contributed by atoms with van der Waals surface area (Å²) < 4.78 is 2.18. The van der Waals surface area contributed by atoms with Gasteiger partial charge in [-0.2, -0.15) is 4.85 Å². The number of aryl methyl sites for hydroxylation is 3. The zero-order valence-electron chi connectivity index (χ0n) is 20.1. The van der Waals surface area contributed by atoms with Gasteiger partial charge in [-0.05, 0) is 52.9 Å². The van der Waals surface area contributed by atoms with Gasteiger partial charge in [-0.15, -0.1) is 47.5 Å². The number of fused-ring (bicyclic) bond motifs is 3. The quantitative estimate of drug-likeness (QED) is 0.196. The molecular weight excluding hydrogens is 635 g/mol. The van der Waals surface area contributed by atoms with Gasteiger partial charge in [0.15, 0.2) is 0 Å². The second-order valence-corrected chi connectivity index (χ2v) is 8.39. The molecule has 0 aliphatic carbocycles. The summed E-state index contributed by atoms with van der Waals surface area (Å²) in [5.41, 5.74) is 7.89. The number of benzene rings is 3. The van der Waals surface area contributed by atoms with Crippen LogP contribution < -0.4 is 0 Å². The largest absolute Gasteiger partial charge is 0.371 e. The Morgan fingerprint density at radius 2 is 1.89 bits per heavy atom. The molecule has 0 unspecified atom stereocenters. The van der Waals surface area contributed by atoms with Crippen molar-refractivity contribution >= 4 is 5.69 Å². The van der Waals surface area contributed by atoms with Crippen LogP contribution in [0.3, 0.4) is 0 Å². The minimum atomic E-state index is 0. The van der Waals surface area contributed by atoms with Crippen LogP contribution in [0.1, 0.15) is 16.7 Å². The Balaban J connectivity index is 0.000000193. The molecule has 0 amide bonds. The van der Waals surface area contributed by atoms with E-state index in [2.05, 4.69) is 37.6 Å². The SMILES string of the molecule is [C-]#[N+]c1cc(C#N)c[c-]c1-c1cc(-c2ccccc2)c(C)cn1.[Ir].[c-]1cccc2c1-c1nccn1CC2. The fourth-order valence-corrected chi connectivity index (χ4v) is 4.28. The van der Waals surface area contributed by atoms with Crippen molar-refractivity contribution in [3.8, 4) is 39.8 Å². The third-order valence-corrected chi connectivity index (χ3v) is 6.12. The minimum Gasteiger partial charge on any atom is -0.371 e. The molecule has 0 N–H and O–H groups in total. The third-order valence-electron chi connectivity index (χ3n) is 6.12. The van der Waals surface area contributed by atoms with Crippen LogP contribution in [0.4, 0.5) is 5.69 Å². The molecule has 5 nitrogen and oxygen atoms in total. The van der Waals surface area contributed by atoms with E-state index in [-0.39, 0.29) is 20.1 Å². The van der Waals surface area contributed by atoms with Crippen LogP contribution in [-0.4, -0.2) is 14.5 Å². The molecule has 181 valence electrons. The van der Waals surface area contributed by atoms with Gasteiger partial charge in [-0.25, -0.2) is 5.26 Å². The van der Waals surface area contributed by atoms with Gasteiger partial charge in [-0.3, -0.25) is 4.98 Å². The predicted molar refractivity (Wildman–Crippen MR) is 140 cm³/mol. The second-order valence-electron chi connectivity index (χ2n) is 8.39. The van der Waals surface area contributed by atoms with Crippen molar-refractivity contribution in [3.63, 3.8) is 0 Å². The summed E-state index contributed by atoms with van der Waals surface area (Å²) in [5.74, 6) is 1.06. The van der Waals surface area contributed by atoms with Gasteiger partial charge in [0.25, 0.3) is 0 Å². The van der Waals surface area contributed by atoms with Crippen molar-refractivity contribution in [3.05, 3.63) is 126 Å². The van der Waals surface area contributed by atoms with E-state index in [0.29, 0.717) is 22.5 Å². The van der Waals surface area contributed by atoms with Crippen LogP contribution >= 0.6 is 0 Å². The summed E-state index contributed by atoms with van der Waals surface area (Å²) in [6.45, 7) is 10.4. The van der Waals surface area contributed by atoms with E-state index in [1.54, 1.807) is 18.3 Å². The number of aromatic nitrogens is 3. The molecule has 1 radical (unpaired) electrons. The summed E-state index contributed by atoms with van der Waals surface area (Å²) in [6.07, 6.45) is 6.78. The topological polar surface area (TPSA) is 58.9 Å². The molecule has 0 atom stereocenters. The monoisotopic (exact) mass is 656 g/mol. The zero-order chi connectivity index (χ0) is 24.9. The smallest absolute Gasteiger partial charge is 0.236 e. The van der Waals surface area contributed by atoms with E-state index in [1.807, 2.05) is 73.9 Å². The molecule has 3 heterocycles. The Morgan fingerprint density at radius 3 is 2.68 bits per heavy atom. The molecule has 0 saturated carbocycles. The van der Waals surface area contributed by atoms with Crippen molar-refractivity contribution in [1.29, 1.82) is 5.26 Å². The number of nitrogens with zero attached hydrogens (tertiary/aromatic N) is 5. The number of nitriles is 1. The van der Waals surface area contributed by atoms with Crippen LogP contribution in [0.2, 0.25) is 0 Å². The third kappa shape index (κ3) is 5.42. The van der Waals surface area contributed by atoms with E-state index in [1.165, 1.54) is 11.1 Å². The van der Waals surface area contributed by atoms with Gasteiger partial charge in [-0.1, -0.05) is 36.4 Å². The summed E-state index contributed by atoms with van der Waals surface area (Å²) in [7, 11) is 0. The Labute approximate surface area is 230 Å². The van der Waals surface area contributed by atoms with Crippen LogP contribution in [0.25, 0.3) is 38.6 Å². The molecule has 2 aromatic heterocycles. The standard InChI is InChI=1S/C20H12N3.C11H9N2.Ir/c1-14-13-23-20(11-18(14)16-6-4-3-5-7-16)17-9-8-15(12-21)10-19(17)22-2;1-2-4-10-9(3-1)5-7-13-8-6-12-11(10)13;/h3-8,10-11,13H,1H3;1-3,6,8H,5,7H2;/q2*-1;.